The van der Waals surface area contributed by atoms with Gasteiger partial charge in [0.15, 0.2) is 0 Å². The molecule has 0 aromatic carbocycles. The zero-order valence-electron chi connectivity index (χ0n) is 12.9. The average Bonchev–Trinajstić information content (AvgIpc) is 2.91. The Morgan fingerprint density at radius 1 is 1.24 bits per heavy atom. The van der Waals surface area contributed by atoms with Gasteiger partial charge in [0, 0.05) is 13.6 Å². The van der Waals surface area contributed by atoms with Gasteiger partial charge in [0.1, 0.15) is 0 Å². The third-order valence-corrected chi connectivity index (χ3v) is 7.29. The highest BCUT2D eigenvalue weighted by Crippen LogP contribution is 2.33. The van der Waals surface area contributed by atoms with E-state index in [1.54, 1.807) is 7.05 Å². The zero-order valence-corrected chi connectivity index (χ0v) is 13.7. The van der Waals surface area contributed by atoms with Crippen molar-refractivity contribution in [1.29, 1.82) is 0 Å². The Hall–Kier alpha value is -0.660. The number of carboxylic acids is 1. The molecule has 2 aliphatic rings. The Balaban J connectivity index is 2.00. The maximum Gasteiger partial charge on any atom is 0.307 e. The minimum absolute atomic E-state index is 0.380. The summed E-state index contributed by atoms with van der Waals surface area (Å²) < 4.78 is 26.7. The van der Waals surface area contributed by atoms with Crippen molar-refractivity contribution in [1.82, 2.24) is 9.21 Å². The van der Waals surface area contributed by atoms with Crippen molar-refractivity contribution in [2.75, 3.05) is 33.7 Å². The van der Waals surface area contributed by atoms with E-state index in [1.165, 1.54) is 4.31 Å². The maximum atomic E-state index is 12.6. The number of nitrogens with zero attached hydrogens (tertiary/aromatic N) is 2. The Morgan fingerprint density at radius 2 is 1.86 bits per heavy atom. The number of carboxylic acid groups (broad SMARTS) is 1. The van der Waals surface area contributed by atoms with Crippen LogP contribution in [-0.4, -0.2) is 67.7 Å². The molecule has 0 amide bonds. The van der Waals surface area contributed by atoms with E-state index in [2.05, 4.69) is 11.9 Å². The molecule has 0 radical (unpaired) electrons. The molecule has 1 heterocycles. The fourth-order valence-corrected chi connectivity index (χ4v) is 5.52. The number of hydrogen-bond acceptors (Lipinski definition) is 4. The van der Waals surface area contributed by atoms with Crippen LogP contribution in [0.4, 0.5) is 0 Å². The van der Waals surface area contributed by atoms with Crippen LogP contribution in [0.2, 0.25) is 0 Å². The van der Waals surface area contributed by atoms with Crippen LogP contribution in [0.5, 0.6) is 0 Å². The molecule has 21 heavy (non-hydrogen) atoms. The first kappa shape index (κ1) is 16.7. The number of sulfonamides is 1. The number of likely N-dealkylation sites (tertiary alicyclic amines) is 1. The minimum Gasteiger partial charge on any atom is -0.481 e. The van der Waals surface area contributed by atoms with E-state index in [0.29, 0.717) is 31.7 Å². The van der Waals surface area contributed by atoms with Crippen molar-refractivity contribution in [3.05, 3.63) is 0 Å². The van der Waals surface area contributed by atoms with Crippen molar-refractivity contribution in [2.24, 2.45) is 11.8 Å². The molecule has 6 nitrogen and oxygen atoms in total. The van der Waals surface area contributed by atoms with Gasteiger partial charge < -0.3 is 10.0 Å². The summed E-state index contributed by atoms with van der Waals surface area (Å²) in [4.78, 5) is 13.5. The number of hydrogen-bond donors (Lipinski definition) is 1. The van der Waals surface area contributed by atoms with Gasteiger partial charge in [-0.05, 0) is 51.7 Å². The summed E-state index contributed by atoms with van der Waals surface area (Å²) in [6, 6.07) is 0. The molecule has 0 aromatic rings. The highest BCUT2D eigenvalue weighted by molar-refractivity contribution is 7.89. The van der Waals surface area contributed by atoms with Gasteiger partial charge >= 0.3 is 5.97 Å². The van der Waals surface area contributed by atoms with Gasteiger partial charge in [-0.25, -0.2) is 12.7 Å². The molecular weight excluding hydrogens is 292 g/mol. The molecule has 2 atom stereocenters. The van der Waals surface area contributed by atoms with E-state index < -0.39 is 27.2 Å². The number of piperidine rings is 1. The summed E-state index contributed by atoms with van der Waals surface area (Å²) in [5, 5.41) is 8.45. The largest absolute Gasteiger partial charge is 0.481 e. The smallest absolute Gasteiger partial charge is 0.307 e. The predicted octanol–water partition coefficient (Wildman–Crippen LogP) is 0.843. The highest BCUT2D eigenvalue weighted by atomic mass is 32.2. The third kappa shape index (κ3) is 3.76. The van der Waals surface area contributed by atoms with Crippen LogP contribution in [0.25, 0.3) is 0 Å². The minimum atomic E-state index is -3.51. The molecule has 0 aromatic heterocycles. The third-order valence-electron chi connectivity index (χ3n) is 4.94. The van der Waals surface area contributed by atoms with Crippen molar-refractivity contribution in [2.45, 2.75) is 37.4 Å². The van der Waals surface area contributed by atoms with Gasteiger partial charge in [0.25, 0.3) is 0 Å². The molecule has 2 fully saturated rings. The molecule has 2 unspecified atom stereocenters. The van der Waals surface area contributed by atoms with Crippen molar-refractivity contribution in [3.8, 4) is 0 Å². The normalized spacial score (nSPS) is 29.1. The highest BCUT2D eigenvalue weighted by Gasteiger charge is 2.43. The van der Waals surface area contributed by atoms with E-state index in [-0.39, 0.29) is 0 Å². The average molecular weight is 318 g/mol. The van der Waals surface area contributed by atoms with Crippen LogP contribution in [0.1, 0.15) is 32.1 Å². The monoisotopic (exact) mass is 318 g/mol. The van der Waals surface area contributed by atoms with Crippen LogP contribution < -0.4 is 0 Å². The number of rotatable bonds is 5. The number of aliphatic carboxylic acids is 1. The molecular formula is C14H26N2O4S. The maximum absolute atomic E-state index is 12.6. The number of carbonyl (C=O) groups is 1. The Morgan fingerprint density at radius 3 is 2.43 bits per heavy atom. The second-order valence-corrected chi connectivity index (χ2v) is 8.74. The Kier molecular flexibility index (Phi) is 5.27. The van der Waals surface area contributed by atoms with Gasteiger partial charge in [-0.1, -0.05) is 6.42 Å². The van der Waals surface area contributed by atoms with E-state index >= 15 is 0 Å². The lowest BCUT2D eigenvalue weighted by Crippen LogP contribution is -2.43. The van der Waals surface area contributed by atoms with Crippen LogP contribution >= 0.6 is 0 Å². The van der Waals surface area contributed by atoms with E-state index in [4.69, 9.17) is 0 Å². The molecule has 122 valence electrons. The standard InChI is InChI=1S/C14H26N2O4S/c1-15-8-6-11(7-9-15)10-16(2)21(19,20)13-5-3-4-12(13)14(17)18/h11-13H,3-10H2,1-2H3,(H,17,18). The molecule has 1 N–H and O–H groups in total. The van der Waals surface area contributed by atoms with Gasteiger partial charge in [0.05, 0.1) is 11.2 Å². The zero-order chi connectivity index (χ0) is 15.6. The first-order valence-electron chi connectivity index (χ1n) is 7.69. The molecule has 2 rings (SSSR count). The topological polar surface area (TPSA) is 77.9 Å². The van der Waals surface area contributed by atoms with Gasteiger partial charge in [0.2, 0.25) is 10.0 Å². The summed E-state index contributed by atoms with van der Waals surface area (Å²) in [6.07, 6.45) is 3.63. The summed E-state index contributed by atoms with van der Waals surface area (Å²) >= 11 is 0. The van der Waals surface area contributed by atoms with E-state index in [0.717, 1.165) is 25.9 Å². The Labute approximate surface area is 127 Å². The molecule has 1 aliphatic heterocycles. The molecule has 0 bridgehead atoms. The fraction of sp³-hybridized carbons (Fsp3) is 0.929. The van der Waals surface area contributed by atoms with Gasteiger partial charge in [-0.3, -0.25) is 4.79 Å². The van der Waals surface area contributed by atoms with E-state index in [1.807, 2.05) is 0 Å². The summed E-state index contributed by atoms with van der Waals surface area (Å²) in [6.45, 7) is 2.51. The van der Waals surface area contributed by atoms with Crippen molar-refractivity contribution in [3.63, 3.8) is 0 Å². The van der Waals surface area contributed by atoms with Crippen molar-refractivity contribution < 1.29 is 18.3 Å². The fourth-order valence-electron chi connectivity index (χ4n) is 3.51. The predicted molar refractivity (Wildman–Crippen MR) is 80.5 cm³/mol. The molecule has 1 saturated heterocycles. The second-order valence-electron chi connectivity index (χ2n) is 6.49. The Bertz CT molecular complexity index is 471. The van der Waals surface area contributed by atoms with Crippen LogP contribution in [0.3, 0.4) is 0 Å². The van der Waals surface area contributed by atoms with Crippen LogP contribution in [0, 0.1) is 11.8 Å². The molecule has 7 heteroatoms. The lowest BCUT2D eigenvalue weighted by Gasteiger charge is -2.32. The molecule has 1 aliphatic carbocycles. The SMILES string of the molecule is CN1CCC(CN(C)S(=O)(=O)C2CCCC2C(=O)O)CC1. The van der Waals surface area contributed by atoms with Crippen LogP contribution in [-0.2, 0) is 14.8 Å². The summed E-state index contributed by atoms with van der Waals surface area (Å²) in [7, 11) is 0.171. The van der Waals surface area contributed by atoms with Crippen molar-refractivity contribution >= 4 is 16.0 Å². The van der Waals surface area contributed by atoms with Crippen LogP contribution in [0.15, 0.2) is 0 Å². The van der Waals surface area contributed by atoms with Gasteiger partial charge in [-0.15, -0.1) is 0 Å². The molecule has 0 spiro atoms. The lowest BCUT2D eigenvalue weighted by molar-refractivity contribution is -0.141. The summed E-state index contributed by atoms with van der Waals surface area (Å²) in [5.41, 5.74) is 0. The first-order chi connectivity index (χ1) is 9.82. The lowest BCUT2D eigenvalue weighted by atomic mass is 9.97. The summed E-state index contributed by atoms with van der Waals surface area (Å²) in [5.74, 6) is -1.34. The van der Waals surface area contributed by atoms with Gasteiger partial charge in [-0.2, -0.15) is 0 Å². The quantitative estimate of drug-likeness (QED) is 0.813. The molecule has 1 saturated carbocycles. The first-order valence-corrected chi connectivity index (χ1v) is 9.19. The second kappa shape index (κ2) is 6.62. The van der Waals surface area contributed by atoms with E-state index in [9.17, 15) is 18.3 Å².